The van der Waals surface area contributed by atoms with Gasteiger partial charge in [0.25, 0.3) is 0 Å². The van der Waals surface area contributed by atoms with E-state index in [4.69, 9.17) is 0 Å². The molecule has 0 atom stereocenters. The Kier molecular flexibility index (Phi) is 3.50. The summed E-state index contributed by atoms with van der Waals surface area (Å²) in [5, 5.41) is 0. The van der Waals surface area contributed by atoms with E-state index < -0.39 is 17.4 Å². The molecule has 0 bridgehead atoms. The molecule has 84 valence electrons. The first-order valence-electron chi connectivity index (χ1n) is 4.93. The Morgan fingerprint density at radius 2 is 1.80 bits per heavy atom. The summed E-state index contributed by atoms with van der Waals surface area (Å²) in [5.74, 6) is -1.11. The second-order valence-corrected chi connectivity index (χ2v) is 3.73. The van der Waals surface area contributed by atoms with Crippen molar-refractivity contribution in [1.82, 2.24) is 0 Å². The zero-order chi connectivity index (χ0) is 11.5. The molecular formula is C11H16O4. The molecule has 4 heteroatoms. The predicted octanol–water partition coefficient (Wildman–Crippen LogP) is 1.45. The van der Waals surface area contributed by atoms with E-state index in [1.165, 1.54) is 14.2 Å². The number of carbonyl (C=O) groups excluding carboxylic acids is 2. The third-order valence-electron chi connectivity index (χ3n) is 2.87. The van der Waals surface area contributed by atoms with Gasteiger partial charge in [-0.3, -0.25) is 9.59 Å². The van der Waals surface area contributed by atoms with Crippen LogP contribution >= 0.6 is 0 Å². The molecule has 0 saturated carbocycles. The number of allylic oxidation sites excluding steroid dienone is 1. The topological polar surface area (TPSA) is 52.6 Å². The minimum atomic E-state index is -1.26. The smallest absolute Gasteiger partial charge is 0.327 e. The van der Waals surface area contributed by atoms with Gasteiger partial charge in [0.2, 0.25) is 0 Å². The Hall–Kier alpha value is -1.32. The van der Waals surface area contributed by atoms with Crippen LogP contribution in [0.15, 0.2) is 11.6 Å². The molecule has 0 aromatic heterocycles. The van der Waals surface area contributed by atoms with Gasteiger partial charge >= 0.3 is 11.9 Å². The number of hydrogen-bond acceptors (Lipinski definition) is 4. The Balaban J connectivity index is 3.05. The summed E-state index contributed by atoms with van der Waals surface area (Å²) in [6, 6.07) is 0. The number of carbonyl (C=O) groups is 2. The van der Waals surface area contributed by atoms with Crippen molar-refractivity contribution in [2.24, 2.45) is 5.41 Å². The lowest BCUT2D eigenvalue weighted by atomic mass is 9.81. The molecule has 4 nitrogen and oxygen atoms in total. The highest BCUT2D eigenvalue weighted by Gasteiger charge is 2.47. The van der Waals surface area contributed by atoms with Crippen molar-refractivity contribution in [3.05, 3.63) is 11.6 Å². The highest BCUT2D eigenvalue weighted by atomic mass is 16.5. The predicted molar refractivity (Wildman–Crippen MR) is 54.1 cm³/mol. The van der Waals surface area contributed by atoms with Crippen LogP contribution in [0.1, 0.15) is 26.2 Å². The van der Waals surface area contributed by atoms with Crippen LogP contribution in [0.25, 0.3) is 0 Å². The lowest BCUT2D eigenvalue weighted by molar-refractivity contribution is -0.164. The third kappa shape index (κ3) is 1.89. The fraction of sp³-hybridized carbons (Fsp3) is 0.636. The van der Waals surface area contributed by atoms with Crippen molar-refractivity contribution in [2.75, 3.05) is 14.2 Å². The molecule has 0 heterocycles. The number of rotatable bonds is 3. The maximum atomic E-state index is 11.7. The van der Waals surface area contributed by atoms with Crippen LogP contribution in [0.3, 0.4) is 0 Å². The lowest BCUT2D eigenvalue weighted by Crippen LogP contribution is -2.39. The van der Waals surface area contributed by atoms with Gasteiger partial charge in [0.05, 0.1) is 14.2 Å². The molecule has 0 aromatic rings. The molecule has 0 spiro atoms. The Labute approximate surface area is 89.2 Å². The molecule has 1 rings (SSSR count). The van der Waals surface area contributed by atoms with Crippen molar-refractivity contribution in [2.45, 2.75) is 26.2 Å². The summed E-state index contributed by atoms with van der Waals surface area (Å²) in [4.78, 5) is 23.3. The minimum absolute atomic E-state index is 0.553. The highest BCUT2D eigenvalue weighted by molar-refractivity contribution is 6.03. The molecule has 0 radical (unpaired) electrons. The fourth-order valence-corrected chi connectivity index (χ4v) is 1.88. The van der Waals surface area contributed by atoms with Gasteiger partial charge in [0.15, 0.2) is 5.41 Å². The van der Waals surface area contributed by atoms with Gasteiger partial charge < -0.3 is 9.47 Å². The monoisotopic (exact) mass is 212 g/mol. The van der Waals surface area contributed by atoms with Crippen molar-refractivity contribution < 1.29 is 19.1 Å². The third-order valence-corrected chi connectivity index (χ3v) is 2.87. The Bertz CT molecular complexity index is 288. The first kappa shape index (κ1) is 11.8. The van der Waals surface area contributed by atoms with E-state index in [-0.39, 0.29) is 0 Å². The van der Waals surface area contributed by atoms with E-state index in [9.17, 15) is 9.59 Å². The first-order chi connectivity index (χ1) is 7.07. The highest BCUT2D eigenvalue weighted by Crippen LogP contribution is 2.37. The van der Waals surface area contributed by atoms with Crippen LogP contribution in [0.2, 0.25) is 0 Å². The summed E-state index contributed by atoms with van der Waals surface area (Å²) in [7, 11) is 2.55. The lowest BCUT2D eigenvalue weighted by Gasteiger charge is -2.25. The zero-order valence-electron chi connectivity index (χ0n) is 9.33. The molecule has 15 heavy (non-hydrogen) atoms. The number of hydrogen-bond donors (Lipinski definition) is 0. The zero-order valence-corrected chi connectivity index (χ0v) is 9.33. The van der Waals surface area contributed by atoms with Crippen LogP contribution < -0.4 is 0 Å². The average Bonchev–Trinajstić information content (AvgIpc) is 2.79. The number of methoxy groups -OCH3 is 2. The molecule has 0 N–H and O–H groups in total. The quantitative estimate of drug-likeness (QED) is 0.403. The van der Waals surface area contributed by atoms with Crippen LogP contribution in [-0.2, 0) is 19.1 Å². The van der Waals surface area contributed by atoms with Gasteiger partial charge in [-0.05, 0) is 31.8 Å². The summed E-state index contributed by atoms with van der Waals surface area (Å²) in [5.41, 5.74) is -0.457. The standard InChI is InChI=1S/C11H16O4/c1-11(9(12)14-2,10(13)15-3)8-6-4-5-7-8/h6H,4-5,7H2,1-3H3. The maximum absolute atomic E-state index is 11.7. The minimum Gasteiger partial charge on any atom is -0.468 e. The second-order valence-electron chi connectivity index (χ2n) is 3.73. The van der Waals surface area contributed by atoms with Gasteiger partial charge in [-0.15, -0.1) is 0 Å². The summed E-state index contributed by atoms with van der Waals surface area (Å²) in [6.07, 6.45) is 4.55. The fourth-order valence-electron chi connectivity index (χ4n) is 1.88. The van der Waals surface area contributed by atoms with Crippen molar-refractivity contribution in [1.29, 1.82) is 0 Å². The van der Waals surface area contributed by atoms with Gasteiger partial charge in [0.1, 0.15) is 0 Å². The SMILES string of the molecule is COC(=O)C(C)(C(=O)OC)C1=CCCC1. The summed E-state index contributed by atoms with van der Waals surface area (Å²) < 4.78 is 9.34. The van der Waals surface area contributed by atoms with E-state index in [1.54, 1.807) is 6.92 Å². The largest absolute Gasteiger partial charge is 0.468 e. The molecule has 0 fully saturated rings. The van der Waals surface area contributed by atoms with Gasteiger partial charge in [-0.2, -0.15) is 0 Å². The summed E-state index contributed by atoms with van der Waals surface area (Å²) in [6.45, 7) is 1.56. The molecule has 0 aromatic carbocycles. The van der Waals surface area contributed by atoms with E-state index in [0.29, 0.717) is 0 Å². The van der Waals surface area contributed by atoms with Crippen LogP contribution in [0.4, 0.5) is 0 Å². The van der Waals surface area contributed by atoms with Crippen molar-refractivity contribution in [3.8, 4) is 0 Å². The van der Waals surface area contributed by atoms with Gasteiger partial charge in [-0.25, -0.2) is 0 Å². The van der Waals surface area contributed by atoms with Crippen molar-refractivity contribution >= 4 is 11.9 Å². The molecular weight excluding hydrogens is 196 g/mol. The Morgan fingerprint density at radius 3 is 2.13 bits per heavy atom. The maximum Gasteiger partial charge on any atom is 0.327 e. The van der Waals surface area contributed by atoms with Crippen LogP contribution in [0, 0.1) is 5.41 Å². The average molecular weight is 212 g/mol. The molecule has 0 aliphatic heterocycles. The molecule has 0 saturated heterocycles. The normalized spacial score (nSPS) is 15.8. The van der Waals surface area contributed by atoms with E-state index in [1.807, 2.05) is 6.08 Å². The Morgan fingerprint density at radius 1 is 1.27 bits per heavy atom. The van der Waals surface area contributed by atoms with Gasteiger partial charge in [-0.1, -0.05) is 6.08 Å². The summed E-state index contributed by atoms with van der Waals surface area (Å²) >= 11 is 0. The molecule has 0 amide bonds. The van der Waals surface area contributed by atoms with Gasteiger partial charge in [0, 0.05) is 0 Å². The second kappa shape index (κ2) is 4.47. The molecule has 1 aliphatic carbocycles. The molecule has 0 unspecified atom stereocenters. The number of ether oxygens (including phenoxy) is 2. The van der Waals surface area contributed by atoms with Crippen LogP contribution in [0.5, 0.6) is 0 Å². The van der Waals surface area contributed by atoms with E-state index in [2.05, 4.69) is 9.47 Å². The first-order valence-corrected chi connectivity index (χ1v) is 4.93. The number of esters is 2. The van der Waals surface area contributed by atoms with Crippen LogP contribution in [-0.4, -0.2) is 26.2 Å². The van der Waals surface area contributed by atoms with E-state index >= 15 is 0 Å². The van der Waals surface area contributed by atoms with Crippen molar-refractivity contribution in [3.63, 3.8) is 0 Å². The molecule has 1 aliphatic rings. The van der Waals surface area contributed by atoms with E-state index in [0.717, 1.165) is 24.8 Å².